The van der Waals surface area contributed by atoms with E-state index >= 15 is 0 Å². The molecule has 0 N–H and O–H groups in total. The number of halogens is 3. The third-order valence-corrected chi connectivity index (χ3v) is 6.54. The van der Waals surface area contributed by atoms with Gasteiger partial charge in [-0.3, -0.25) is 4.79 Å². The van der Waals surface area contributed by atoms with Crippen molar-refractivity contribution in [2.75, 3.05) is 4.90 Å². The summed E-state index contributed by atoms with van der Waals surface area (Å²) in [6, 6.07) is 22.5. The molecule has 0 aliphatic carbocycles. The highest BCUT2D eigenvalue weighted by Gasteiger charge is 2.52. The summed E-state index contributed by atoms with van der Waals surface area (Å²) in [4.78, 5) is 29.0. The molecule has 1 saturated heterocycles. The maximum absolute atomic E-state index is 13.4. The highest BCUT2D eigenvalue weighted by molar-refractivity contribution is 8.00. The average Bonchev–Trinajstić information content (AvgIpc) is 2.94. The monoisotopic (exact) mass is 484 g/mol. The number of imide groups is 1. The first kappa shape index (κ1) is 23.9. The number of carbonyl (C=O) groups is 2. The van der Waals surface area contributed by atoms with Crippen molar-refractivity contribution in [2.45, 2.75) is 42.8 Å². The molecule has 1 heterocycles. The smallest absolute Gasteiger partial charge is 0.305 e. The molecule has 0 radical (unpaired) electrons. The number of anilines is 1. The lowest BCUT2D eigenvalue weighted by Gasteiger charge is -2.28. The fourth-order valence-corrected chi connectivity index (χ4v) is 4.61. The summed E-state index contributed by atoms with van der Waals surface area (Å²) < 4.78 is 38.5. The topological polar surface area (TPSA) is 40.6 Å². The van der Waals surface area contributed by atoms with Crippen molar-refractivity contribution < 1.29 is 22.8 Å². The minimum Gasteiger partial charge on any atom is -0.305 e. The summed E-state index contributed by atoms with van der Waals surface area (Å²) in [5, 5.41) is 0. The number of urea groups is 1. The lowest BCUT2D eigenvalue weighted by atomic mass is 9.97. The van der Waals surface area contributed by atoms with E-state index in [0.717, 1.165) is 21.6 Å². The number of nitrogens with zero attached hydrogens (tertiary/aromatic N) is 2. The molecule has 1 aliphatic rings. The van der Waals surface area contributed by atoms with Gasteiger partial charge in [0.1, 0.15) is 5.54 Å². The standard InChI is InChI=1S/C26H23F3N2O2S/c1-25(2)23(32)31(21-13-8-14-22(16-21)34-26(27,28)29)24(33)30(25)17-20-12-7-6-11-19(20)15-18-9-4-3-5-10-18/h3-14,16H,15,17H2,1-2H3. The summed E-state index contributed by atoms with van der Waals surface area (Å²) in [7, 11) is 0. The van der Waals surface area contributed by atoms with E-state index in [-0.39, 0.29) is 28.9 Å². The van der Waals surface area contributed by atoms with Gasteiger partial charge in [-0.1, -0.05) is 60.7 Å². The number of rotatable bonds is 6. The van der Waals surface area contributed by atoms with E-state index in [1.807, 2.05) is 54.6 Å². The van der Waals surface area contributed by atoms with Crippen LogP contribution in [0.3, 0.4) is 0 Å². The lowest BCUT2D eigenvalue weighted by Crippen LogP contribution is -2.43. The van der Waals surface area contributed by atoms with Crippen molar-refractivity contribution in [3.05, 3.63) is 95.6 Å². The number of amides is 3. The molecular formula is C26H23F3N2O2S. The molecule has 0 atom stereocenters. The average molecular weight is 485 g/mol. The first-order valence-electron chi connectivity index (χ1n) is 10.7. The van der Waals surface area contributed by atoms with Crippen LogP contribution in [0.4, 0.5) is 23.7 Å². The third kappa shape index (κ3) is 4.97. The third-order valence-electron chi connectivity index (χ3n) is 5.82. The second kappa shape index (κ2) is 9.18. The molecule has 1 fully saturated rings. The van der Waals surface area contributed by atoms with Crippen LogP contribution >= 0.6 is 11.8 Å². The Morgan fingerprint density at radius 1 is 0.853 bits per heavy atom. The van der Waals surface area contributed by atoms with Crippen molar-refractivity contribution in [1.82, 2.24) is 4.90 Å². The van der Waals surface area contributed by atoms with E-state index in [1.54, 1.807) is 13.8 Å². The maximum atomic E-state index is 13.4. The Morgan fingerprint density at radius 2 is 1.50 bits per heavy atom. The van der Waals surface area contributed by atoms with E-state index in [0.29, 0.717) is 6.42 Å². The Morgan fingerprint density at radius 3 is 2.18 bits per heavy atom. The number of hydrogen-bond acceptors (Lipinski definition) is 3. The number of carbonyl (C=O) groups excluding carboxylic acids is 2. The van der Waals surface area contributed by atoms with Gasteiger partial charge >= 0.3 is 11.5 Å². The van der Waals surface area contributed by atoms with Gasteiger partial charge in [0, 0.05) is 11.4 Å². The van der Waals surface area contributed by atoms with Gasteiger partial charge in [0.05, 0.1) is 5.69 Å². The van der Waals surface area contributed by atoms with Crippen molar-refractivity contribution in [3.63, 3.8) is 0 Å². The molecule has 0 aromatic heterocycles. The van der Waals surface area contributed by atoms with E-state index in [4.69, 9.17) is 0 Å². The van der Waals surface area contributed by atoms with Gasteiger partial charge in [-0.15, -0.1) is 0 Å². The van der Waals surface area contributed by atoms with Crippen LogP contribution in [0.25, 0.3) is 0 Å². The summed E-state index contributed by atoms with van der Waals surface area (Å²) in [5.74, 6) is -0.479. The van der Waals surface area contributed by atoms with Crippen LogP contribution in [0.5, 0.6) is 0 Å². The number of hydrogen-bond donors (Lipinski definition) is 0. The molecule has 3 aromatic carbocycles. The van der Waals surface area contributed by atoms with E-state index in [9.17, 15) is 22.8 Å². The zero-order valence-corrected chi connectivity index (χ0v) is 19.5. The van der Waals surface area contributed by atoms with Crippen LogP contribution in [0.2, 0.25) is 0 Å². The van der Waals surface area contributed by atoms with Crippen molar-refractivity contribution in [1.29, 1.82) is 0 Å². The second-order valence-corrected chi connectivity index (χ2v) is 9.68. The van der Waals surface area contributed by atoms with Crippen LogP contribution < -0.4 is 4.90 Å². The number of benzene rings is 3. The van der Waals surface area contributed by atoms with Gasteiger partial charge in [0.25, 0.3) is 5.91 Å². The minimum absolute atomic E-state index is 0.0879. The van der Waals surface area contributed by atoms with Gasteiger partial charge in [-0.2, -0.15) is 13.2 Å². The largest absolute Gasteiger partial charge is 0.446 e. The summed E-state index contributed by atoms with van der Waals surface area (Å²) in [6.07, 6.45) is 0.674. The summed E-state index contributed by atoms with van der Waals surface area (Å²) in [6.45, 7) is 3.51. The number of alkyl halides is 3. The van der Waals surface area contributed by atoms with Crippen LogP contribution in [-0.4, -0.2) is 27.9 Å². The van der Waals surface area contributed by atoms with Gasteiger partial charge in [-0.05, 0) is 66.9 Å². The fourth-order valence-electron chi connectivity index (χ4n) is 4.02. The highest BCUT2D eigenvalue weighted by Crippen LogP contribution is 2.40. The molecule has 8 heteroatoms. The SMILES string of the molecule is CC1(C)C(=O)N(c2cccc(SC(F)(F)F)c2)C(=O)N1Cc1ccccc1Cc1ccccc1. The lowest BCUT2D eigenvalue weighted by molar-refractivity contribution is -0.123. The molecule has 0 bridgehead atoms. The molecule has 4 rings (SSSR count). The Labute approximate surface area is 200 Å². The van der Waals surface area contributed by atoms with E-state index < -0.39 is 23.0 Å². The molecule has 176 valence electrons. The molecule has 0 unspecified atom stereocenters. The molecule has 0 spiro atoms. The maximum Gasteiger partial charge on any atom is 0.446 e. The van der Waals surface area contributed by atoms with Gasteiger partial charge in [0.15, 0.2) is 0 Å². The first-order chi connectivity index (χ1) is 16.1. The normalized spacial score (nSPS) is 15.8. The predicted molar refractivity (Wildman–Crippen MR) is 127 cm³/mol. The molecule has 3 amide bonds. The Bertz CT molecular complexity index is 1210. The molecule has 3 aromatic rings. The minimum atomic E-state index is -4.47. The van der Waals surface area contributed by atoms with Gasteiger partial charge in [-0.25, -0.2) is 9.69 Å². The number of thioether (sulfide) groups is 1. The van der Waals surface area contributed by atoms with Crippen LogP contribution in [0.1, 0.15) is 30.5 Å². The first-order valence-corrected chi connectivity index (χ1v) is 11.5. The predicted octanol–water partition coefficient (Wildman–Crippen LogP) is 6.64. The molecular weight excluding hydrogens is 461 g/mol. The van der Waals surface area contributed by atoms with Gasteiger partial charge < -0.3 is 4.90 Å². The molecule has 4 nitrogen and oxygen atoms in total. The Balaban J connectivity index is 1.62. The van der Waals surface area contributed by atoms with Crippen molar-refractivity contribution in [2.24, 2.45) is 0 Å². The van der Waals surface area contributed by atoms with Crippen LogP contribution in [0, 0.1) is 0 Å². The summed E-state index contributed by atoms with van der Waals surface area (Å²) in [5.41, 5.74) is -2.44. The Kier molecular flexibility index (Phi) is 6.45. The zero-order chi connectivity index (χ0) is 24.5. The quantitative estimate of drug-likeness (QED) is 0.291. The van der Waals surface area contributed by atoms with Crippen LogP contribution in [-0.2, 0) is 17.8 Å². The molecule has 34 heavy (non-hydrogen) atoms. The highest BCUT2D eigenvalue weighted by atomic mass is 32.2. The zero-order valence-electron chi connectivity index (χ0n) is 18.7. The molecule has 1 aliphatic heterocycles. The fraction of sp³-hybridized carbons (Fsp3) is 0.231. The van der Waals surface area contributed by atoms with E-state index in [2.05, 4.69) is 0 Å². The van der Waals surface area contributed by atoms with Crippen molar-refractivity contribution in [3.8, 4) is 0 Å². The Hall–Kier alpha value is -3.26. The van der Waals surface area contributed by atoms with Gasteiger partial charge in [0.2, 0.25) is 0 Å². The second-order valence-electron chi connectivity index (χ2n) is 8.54. The van der Waals surface area contributed by atoms with E-state index in [1.165, 1.54) is 29.2 Å². The summed E-state index contributed by atoms with van der Waals surface area (Å²) >= 11 is -0.281. The molecule has 0 saturated carbocycles. The van der Waals surface area contributed by atoms with Crippen molar-refractivity contribution >= 4 is 29.4 Å². The van der Waals surface area contributed by atoms with Crippen LogP contribution in [0.15, 0.2) is 83.8 Å².